The number of cyclic esters (lactones) is 1. The topological polar surface area (TPSA) is 46.6 Å². The third kappa shape index (κ3) is 2.68. The van der Waals surface area contributed by atoms with Crippen molar-refractivity contribution < 1.29 is 18.7 Å². The SMILES string of the molecule is O=C1OCC2=C1[C@H](c1cccc(Cl)c1Cl)CC(=O)N2c1cccc(F)c1. The Morgan fingerprint density at radius 2 is 1.88 bits per heavy atom. The lowest BCUT2D eigenvalue weighted by molar-refractivity contribution is -0.136. The molecule has 132 valence electrons. The monoisotopic (exact) mass is 391 g/mol. The third-order valence-corrected chi connectivity index (χ3v) is 5.37. The van der Waals surface area contributed by atoms with Crippen LogP contribution in [0.15, 0.2) is 53.7 Å². The molecule has 0 saturated heterocycles. The number of carbonyl (C=O) groups is 2. The number of ether oxygens (including phenoxy) is 1. The zero-order chi connectivity index (χ0) is 18.4. The second-order valence-corrected chi connectivity index (χ2v) is 6.83. The fraction of sp³-hybridized carbons (Fsp3) is 0.158. The summed E-state index contributed by atoms with van der Waals surface area (Å²) in [5, 5.41) is 0.649. The molecule has 4 nitrogen and oxygen atoms in total. The number of nitrogens with zero attached hydrogens (tertiary/aromatic N) is 1. The van der Waals surface area contributed by atoms with Gasteiger partial charge in [0, 0.05) is 12.3 Å². The van der Waals surface area contributed by atoms with Gasteiger partial charge in [0.1, 0.15) is 12.4 Å². The van der Waals surface area contributed by atoms with E-state index in [0.29, 0.717) is 32.6 Å². The van der Waals surface area contributed by atoms with Crippen LogP contribution < -0.4 is 4.90 Å². The van der Waals surface area contributed by atoms with Crippen molar-refractivity contribution in [2.45, 2.75) is 12.3 Å². The van der Waals surface area contributed by atoms with E-state index in [9.17, 15) is 14.0 Å². The molecule has 0 unspecified atom stereocenters. The first kappa shape index (κ1) is 17.1. The van der Waals surface area contributed by atoms with E-state index < -0.39 is 17.7 Å². The van der Waals surface area contributed by atoms with Crippen LogP contribution in [0.5, 0.6) is 0 Å². The van der Waals surface area contributed by atoms with Gasteiger partial charge in [0.15, 0.2) is 0 Å². The summed E-state index contributed by atoms with van der Waals surface area (Å²) >= 11 is 12.4. The fourth-order valence-corrected chi connectivity index (χ4v) is 3.86. The summed E-state index contributed by atoms with van der Waals surface area (Å²) in [7, 11) is 0. The largest absolute Gasteiger partial charge is 0.456 e. The molecular formula is C19H12Cl2FNO3. The number of hydrogen-bond acceptors (Lipinski definition) is 3. The van der Waals surface area contributed by atoms with Crippen molar-refractivity contribution in [3.8, 4) is 0 Å². The number of halogens is 3. The Hall–Kier alpha value is -2.37. The first-order valence-electron chi connectivity index (χ1n) is 7.90. The Morgan fingerprint density at radius 3 is 2.65 bits per heavy atom. The van der Waals surface area contributed by atoms with E-state index in [-0.39, 0.29) is 18.9 Å². The van der Waals surface area contributed by atoms with Crippen LogP contribution >= 0.6 is 23.2 Å². The number of hydrogen-bond donors (Lipinski definition) is 0. The molecule has 2 aliphatic rings. The molecule has 0 fully saturated rings. The van der Waals surface area contributed by atoms with Gasteiger partial charge in [-0.15, -0.1) is 0 Å². The molecule has 0 spiro atoms. The number of carbonyl (C=O) groups excluding carboxylic acids is 2. The van der Waals surface area contributed by atoms with Gasteiger partial charge in [-0.05, 0) is 29.8 Å². The zero-order valence-corrected chi connectivity index (χ0v) is 14.9. The van der Waals surface area contributed by atoms with E-state index in [1.165, 1.54) is 23.1 Å². The van der Waals surface area contributed by atoms with Gasteiger partial charge < -0.3 is 4.74 Å². The summed E-state index contributed by atoms with van der Waals surface area (Å²) < 4.78 is 18.8. The lowest BCUT2D eigenvalue weighted by atomic mass is 9.84. The van der Waals surface area contributed by atoms with Crippen LogP contribution in [0.1, 0.15) is 17.9 Å². The van der Waals surface area contributed by atoms with Crippen molar-refractivity contribution in [1.82, 2.24) is 0 Å². The molecule has 0 N–H and O–H groups in total. The van der Waals surface area contributed by atoms with Gasteiger partial charge in [-0.25, -0.2) is 9.18 Å². The maximum absolute atomic E-state index is 13.6. The smallest absolute Gasteiger partial charge is 0.336 e. The Morgan fingerprint density at radius 1 is 1.12 bits per heavy atom. The molecule has 1 atom stereocenters. The standard InChI is InChI=1S/C19H12Cl2FNO3/c20-14-6-2-5-12(18(14)21)13-8-16(24)23(11-4-1-3-10(22)7-11)15-9-26-19(25)17(13)15/h1-7,13H,8-9H2/t13-/m0/s1. The minimum absolute atomic E-state index is 0.00447. The van der Waals surface area contributed by atoms with E-state index in [1.54, 1.807) is 24.3 Å². The second kappa shape index (κ2) is 6.41. The molecule has 0 saturated carbocycles. The minimum Gasteiger partial charge on any atom is -0.456 e. The van der Waals surface area contributed by atoms with Crippen molar-refractivity contribution >= 4 is 40.8 Å². The van der Waals surface area contributed by atoms with E-state index >= 15 is 0 Å². The van der Waals surface area contributed by atoms with Crippen molar-refractivity contribution in [3.63, 3.8) is 0 Å². The Labute approximate surface area is 158 Å². The fourth-order valence-electron chi connectivity index (χ4n) is 3.42. The molecule has 0 radical (unpaired) electrons. The molecule has 2 heterocycles. The molecule has 26 heavy (non-hydrogen) atoms. The molecule has 1 amide bonds. The van der Waals surface area contributed by atoms with Crippen LogP contribution in [0.4, 0.5) is 10.1 Å². The summed E-state index contributed by atoms with van der Waals surface area (Å²) in [5.41, 5.74) is 1.73. The van der Waals surface area contributed by atoms with Crippen LogP contribution in [0, 0.1) is 5.82 Å². The summed E-state index contributed by atoms with van der Waals surface area (Å²) in [5.74, 6) is -1.80. The van der Waals surface area contributed by atoms with Gasteiger partial charge in [0.05, 0.1) is 27.0 Å². The molecular weight excluding hydrogens is 380 g/mol. The predicted molar refractivity (Wildman–Crippen MR) is 95.7 cm³/mol. The minimum atomic E-state index is -0.552. The van der Waals surface area contributed by atoms with Crippen LogP contribution in [0.3, 0.4) is 0 Å². The maximum Gasteiger partial charge on any atom is 0.336 e. The number of anilines is 1. The quantitative estimate of drug-likeness (QED) is 0.709. The van der Waals surface area contributed by atoms with Gasteiger partial charge in [-0.1, -0.05) is 41.4 Å². The van der Waals surface area contributed by atoms with Crippen molar-refractivity contribution in [2.24, 2.45) is 0 Å². The highest BCUT2D eigenvalue weighted by Crippen LogP contribution is 2.44. The lowest BCUT2D eigenvalue weighted by Crippen LogP contribution is -2.37. The average Bonchev–Trinajstić information content (AvgIpc) is 2.98. The van der Waals surface area contributed by atoms with E-state index in [0.717, 1.165) is 0 Å². The highest BCUT2D eigenvalue weighted by molar-refractivity contribution is 6.42. The number of amides is 1. The Balaban J connectivity index is 1.87. The van der Waals surface area contributed by atoms with Crippen LogP contribution in [0.2, 0.25) is 10.0 Å². The van der Waals surface area contributed by atoms with Gasteiger partial charge >= 0.3 is 5.97 Å². The number of rotatable bonds is 2. The Kier molecular flexibility index (Phi) is 4.21. The molecule has 7 heteroatoms. The number of benzene rings is 2. The van der Waals surface area contributed by atoms with Crippen molar-refractivity contribution in [2.75, 3.05) is 11.5 Å². The number of esters is 1. The van der Waals surface area contributed by atoms with E-state index in [1.807, 2.05) is 0 Å². The lowest BCUT2D eigenvalue weighted by Gasteiger charge is -2.32. The highest BCUT2D eigenvalue weighted by Gasteiger charge is 2.43. The van der Waals surface area contributed by atoms with Gasteiger partial charge in [0.25, 0.3) is 0 Å². The van der Waals surface area contributed by atoms with Crippen molar-refractivity contribution in [1.29, 1.82) is 0 Å². The van der Waals surface area contributed by atoms with Gasteiger partial charge in [-0.3, -0.25) is 9.69 Å². The van der Waals surface area contributed by atoms with E-state index in [4.69, 9.17) is 27.9 Å². The van der Waals surface area contributed by atoms with Crippen LogP contribution in [-0.4, -0.2) is 18.5 Å². The summed E-state index contributed by atoms with van der Waals surface area (Å²) in [6.45, 7) is -0.0505. The first-order chi connectivity index (χ1) is 12.5. The first-order valence-corrected chi connectivity index (χ1v) is 8.65. The molecule has 2 aliphatic heterocycles. The summed E-state index contributed by atoms with van der Waals surface area (Å²) in [6.07, 6.45) is 0.00447. The van der Waals surface area contributed by atoms with Gasteiger partial charge in [-0.2, -0.15) is 0 Å². The molecule has 0 aromatic heterocycles. The highest BCUT2D eigenvalue weighted by atomic mass is 35.5. The van der Waals surface area contributed by atoms with Crippen molar-refractivity contribution in [3.05, 3.63) is 75.2 Å². The van der Waals surface area contributed by atoms with E-state index in [2.05, 4.69) is 0 Å². The molecule has 0 aliphatic carbocycles. The molecule has 0 bridgehead atoms. The Bertz CT molecular complexity index is 973. The summed E-state index contributed by atoms with van der Waals surface area (Å²) in [6, 6.07) is 10.7. The second-order valence-electron chi connectivity index (χ2n) is 6.05. The molecule has 4 rings (SSSR count). The average molecular weight is 392 g/mol. The van der Waals surface area contributed by atoms with Crippen LogP contribution in [0.25, 0.3) is 0 Å². The summed E-state index contributed by atoms with van der Waals surface area (Å²) in [4.78, 5) is 26.6. The predicted octanol–water partition coefficient (Wildman–Crippen LogP) is 4.46. The third-order valence-electron chi connectivity index (χ3n) is 4.54. The van der Waals surface area contributed by atoms with Crippen LogP contribution in [-0.2, 0) is 14.3 Å². The maximum atomic E-state index is 13.6. The molecule has 2 aromatic carbocycles. The van der Waals surface area contributed by atoms with Gasteiger partial charge in [0.2, 0.25) is 5.91 Å². The normalized spacial score (nSPS) is 19.7. The zero-order valence-electron chi connectivity index (χ0n) is 13.3. The molecule has 2 aromatic rings.